The van der Waals surface area contributed by atoms with E-state index >= 15 is 0 Å². The summed E-state index contributed by atoms with van der Waals surface area (Å²) < 4.78 is 36.5. The maximum Gasteiger partial charge on any atom is 0.390 e. The monoisotopic (exact) mass is 484 g/mol. The minimum atomic E-state index is -4.19. The molecule has 1 saturated heterocycles. The van der Waals surface area contributed by atoms with E-state index in [0.717, 1.165) is 24.1 Å². The molecule has 2 rings (SSSR count). The highest BCUT2D eigenvalue weighted by Gasteiger charge is 2.26. The van der Waals surface area contributed by atoms with E-state index in [9.17, 15) is 18.0 Å². The van der Waals surface area contributed by atoms with Crippen LogP contribution in [0.4, 0.5) is 13.2 Å². The molecule has 1 aliphatic heterocycles. The highest BCUT2D eigenvalue weighted by molar-refractivity contribution is 14.0. The Morgan fingerprint density at radius 3 is 2.62 bits per heavy atom. The van der Waals surface area contributed by atoms with Gasteiger partial charge in [0.15, 0.2) is 5.96 Å². The number of carbonyl (C=O) groups excluding carboxylic acids is 1. The van der Waals surface area contributed by atoms with E-state index in [-0.39, 0.29) is 36.4 Å². The molecule has 0 radical (unpaired) electrons. The third-order valence-corrected chi connectivity index (χ3v) is 3.92. The first-order chi connectivity index (χ1) is 11.9. The fourth-order valence-electron chi connectivity index (χ4n) is 2.66. The largest absolute Gasteiger partial charge is 0.390 e. The molecule has 0 unspecified atom stereocenters. The second kappa shape index (κ2) is 10.6. The van der Waals surface area contributed by atoms with Crippen molar-refractivity contribution in [2.45, 2.75) is 38.5 Å². The summed E-state index contributed by atoms with van der Waals surface area (Å²) in [7, 11) is 1.51. The molecule has 26 heavy (non-hydrogen) atoms. The Morgan fingerprint density at radius 2 is 2.00 bits per heavy atom. The number of benzene rings is 1. The van der Waals surface area contributed by atoms with Crippen LogP contribution in [0.2, 0.25) is 0 Å². The van der Waals surface area contributed by atoms with E-state index in [1.807, 2.05) is 29.2 Å². The summed E-state index contributed by atoms with van der Waals surface area (Å²) in [6.45, 7) is 1.59. The van der Waals surface area contributed by atoms with Crippen molar-refractivity contribution in [3.8, 4) is 0 Å². The van der Waals surface area contributed by atoms with Gasteiger partial charge in [-0.1, -0.05) is 24.3 Å². The average Bonchev–Trinajstić information content (AvgIpc) is 2.95. The Hall–Kier alpha value is -1.52. The molecular formula is C17H24F3IN4O. The van der Waals surface area contributed by atoms with Crippen LogP contribution in [-0.4, -0.2) is 43.1 Å². The van der Waals surface area contributed by atoms with Crippen LogP contribution in [0.15, 0.2) is 29.3 Å². The number of alkyl halides is 3. The summed E-state index contributed by atoms with van der Waals surface area (Å²) in [5.74, 6) is 0.502. The third-order valence-electron chi connectivity index (χ3n) is 3.92. The van der Waals surface area contributed by atoms with Crippen LogP contribution in [0.3, 0.4) is 0 Å². The Bertz CT molecular complexity index is 622. The van der Waals surface area contributed by atoms with Gasteiger partial charge in [-0.2, -0.15) is 13.2 Å². The summed E-state index contributed by atoms with van der Waals surface area (Å²) in [6, 6.07) is 7.78. The van der Waals surface area contributed by atoms with Gasteiger partial charge in [0, 0.05) is 39.6 Å². The van der Waals surface area contributed by atoms with Crippen molar-refractivity contribution in [2.75, 3.05) is 20.1 Å². The normalized spacial score (nSPS) is 15.0. The molecule has 1 amide bonds. The van der Waals surface area contributed by atoms with E-state index in [2.05, 4.69) is 15.6 Å². The average molecular weight is 484 g/mol. The minimum Gasteiger partial charge on any atom is -0.356 e. The molecule has 0 spiro atoms. The second-order valence-corrected chi connectivity index (χ2v) is 5.96. The van der Waals surface area contributed by atoms with Gasteiger partial charge in [-0.25, -0.2) is 0 Å². The zero-order valence-corrected chi connectivity index (χ0v) is 16.9. The van der Waals surface area contributed by atoms with Gasteiger partial charge >= 0.3 is 6.18 Å². The molecule has 0 atom stereocenters. The fourth-order valence-corrected chi connectivity index (χ4v) is 2.66. The summed E-state index contributed by atoms with van der Waals surface area (Å²) in [5.41, 5.74) is 2.01. The van der Waals surface area contributed by atoms with Gasteiger partial charge < -0.3 is 15.5 Å². The van der Waals surface area contributed by atoms with Gasteiger partial charge in [-0.15, -0.1) is 24.0 Å². The van der Waals surface area contributed by atoms with Gasteiger partial charge in [-0.05, 0) is 17.5 Å². The molecule has 9 heteroatoms. The van der Waals surface area contributed by atoms with Crippen molar-refractivity contribution in [3.63, 3.8) is 0 Å². The van der Waals surface area contributed by atoms with Crippen molar-refractivity contribution < 1.29 is 18.0 Å². The topological polar surface area (TPSA) is 56.7 Å². The lowest BCUT2D eigenvalue weighted by atomic mass is 10.1. The number of carbonyl (C=O) groups is 1. The van der Waals surface area contributed by atoms with Crippen LogP contribution in [-0.2, 0) is 17.9 Å². The van der Waals surface area contributed by atoms with E-state index < -0.39 is 12.6 Å². The molecule has 0 bridgehead atoms. The quantitative estimate of drug-likeness (QED) is 0.371. The lowest BCUT2D eigenvalue weighted by molar-refractivity contribution is -0.133. The Balaban J connectivity index is 0.00000338. The minimum absolute atomic E-state index is 0. The number of guanidine groups is 1. The first-order valence-corrected chi connectivity index (χ1v) is 8.24. The Morgan fingerprint density at radius 1 is 1.27 bits per heavy atom. The van der Waals surface area contributed by atoms with Crippen LogP contribution < -0.4 is 10.6 Å². The molecule has 1 aliphatic rings. The van der Waals surface area contributed by atoms with E-state index in [1.54, 1.807) is 0 Å². The van der Waals surface area contributed by atoms with E-state index in [0.29, 0.717) is 25.5 Å². The summed E-state index contributed by atoms with van der Waals surface area (Å²) >= 11 is 0. The van der Waals surface area contributed by atoms with E-state index in [1.165, 1.54) is 7.05 Å². The zero-order valence-electron chi connectivity index (χ0n) is 14.6. The number of halogens is 4. The lowest BCUT2D eigenvalue weighted by Crippen LogP contribution is -2.38. The summed E-state index contributed by atoms with van der Waals surface area (Å²) in [4.78, 5) is 17.4. The summed E-state index contributed by atoms with van der Waals surface area (Å²) in [6.07, 6.45) is -3.58. The van der Waals surface area contributed by atoms with Crippen LogP contribution >= 0.6 is 24.0 Å². The number of nitrogens with zero attached hydrogens (tertiary/aromatic N) is 2. The number of amides is 1. The first kappa shape index (κ1) is 22.5. The van der Waals surface area contributed by atoms with E-state index in [4.69, 9.17) is 0 Å². The number of hydrogen-bond donors (Lipinski definition) is 2. The molecule has 1 heterocycles. The smallest absolute Gasteiger partial charge is 0.356 e. The van der Waals surface area contributed by atoms with Gasteiger partial charge in [0.25, 0.3) is 0 Å². The first-order valence-electron chi connectivity index (χ1n) is 8.24. The number of nitrogens with one attached hydrogen (secondary N) is 2. The SMILES string of the molecule is CN=C(NCCC(F)(F)F)NCc1cccc(CN2CCCC2=O)c1.I. The maximum absolute atomic E-state index is 12.2. The Kier molecular flexibility index (Phi) is 9.17. The van der Waals surface area contributed by atoms with Gasteiger partial charge in [-0.3, -0.25) is 9.79 Å². The van der Waals surface area contributed by atoms with Crippen LogP contribution in [0.5, 0.6) is 0 Å². The fraction of sp³-hybridized carbons (Fsp3) is 0.529. The molecule has 146 valence electrons. The van der Waals surface area contributed by atoms with Crippen LogP contribution in [0, 0.1) is 0 Å². The van der Waals surface area contributed by atoms with Crippen molar-refractivity contribution >= 4 is 35.8 Å². The number of rotatable bonds is 6. The molecule has 0 aliphatic carbocycles. The molecule has 1 aromatic rings. The van der Waals surface area contributed by atoms with Crippen molar-refractivity contribution in [2.24, 2.45) is 4.99 Å². The standard InChI is InChI=1S/C17H23F3N4O.HI/c1-21-16(22-8-7-17(18,19)20)23-11-13-4-2-5-14(10-13)12-24-9-3-6-15(24)25;/h2,4-5,10H,3,6-9,11-12H2,1H3,(H2,21,22,23);1H. The molecular weight excluding hydrogens is 460 g/mol. The Labute approximate surface area is 168 Å². The highest BCUT2D eigenvalue weighted by Crippen LogP contribution is 2.18. The van der Waals surface area contributed by atoms with Gasteiger partial charge in [0.05, 0.1) is 6.42 Å². The molecule has 2 N–H and O–H groups in total. The lowest BCUT2D eigenvalue weighted by Gasteiger charge is -2.16. The molecule has 0 saturated carbocycles. The third kappa shape index (κ3) is 7.79. The zero-order chi connectivity index (χ0) is 18.3. The van der Waals surface area contributed by atoms with Crippen molar-refractivity contribution in [3.05, 3.63) is 35.4 Å². The predicted molar refractivity (Wildman–Crippen MR) is 105 cm³/mol. The molecule has 1 aromatic carbocycles. The molecule has 1 fully saturated rings. The predicted octanol–water partition coefficient (Wildman–Crippen LogP) is 3.04. The molecule has 5 nitrogen and oxygen atoms in total. The van der Waals surface area contributed by atoms with Crippen LogP contribution in [0.25, 0.3) is 0 Å². The van der Waals surface area contributed by atoms with Crippen molar-refractivity contribution in [1.82, 2.24) is 15.5 Å². The van der Waals surface area contributed by atoms with Gasteiger partial charge in [0.1, 0.15) is 0 Å². The van der Waals surface area contributed by atoms with Crippen molar-refractivity contribution in [1.29, 1.82) is 0 Å². The second-order valence-electron chi connectivity index (χ2n) is 5.96. The van der Waals surface area contributed by atoms with Crippen LogP contribution in [0.1, 0.15) is 30.4 Å². The summed E-state index contributed by atoms with van der Waals surface area (Å²) in [5, 5.41) is 5.63. The van der Waals surface area contributed by atoms with Gasteiger partial charge in [0.2, 0.25) is 5.91 Å². The highest BCUT2D eigenvalue weighted by atomic mass is 127. The maximum atomic E-state index is 12.2. The number of hydrogen-bond acceptors (Lipinski definition) is 2. The molecule has 0 aromatic heterocycles. The number of likely N-dealkylation sites (tertiary alicyclic amines) is 1. The number of aliphatic imine (C=N–C) groups is 1.